The number of benzene rings is 2. The molecule has 0 aromatic heterocycles. The number of ether oxygens (including phenoxy) is 3. The standard InChI is InChI=1S/C21H25NO3/c1-21(2)13-17(10-11-25-21)22-20(15-6-4-3-5-7-15)16-8-9-18-19(12-16)24-14-23-18/h3-9,12,17,20,22H,10-11,13-14H2,1-2H3/t17-,20-/m1/s1. The quantitative estimate of drug-likeness (QED) is 0.912. The van der Waals surface area contributed by atoms with Gasteiger partial charge in [0, 0.05) is 12.6 Å². The molecule has 25 heavy (non-hydrogen) atoms. The fourth-order valence-corrected chi connectivity index (χ4v) is 3.73. The number of hydrogen-bond acceptors (Lipinski definition) is 4. The maximum absolute atomic E-state index is 5.87. The van der Waals surface area contributed by atoms with Gasteiger partial charge in [-0.05, 0) is 49.9 Å². The van der Waals surface area contributed by atoms with Crippen LogP contribution < -0.4 is 14.8 Å². The van der Waals surface area contributed by atoms with Crippen molar-refractivity contribution in [3.63, 3.8) is 0 Å². The first-order valence-corrected chi connectivity index (χ1v) is 8.95. The summed E-state index contributed by atoms with van der Waals surface area (Å²) < 4.78 is 16.9. The van der Waals surface area contributed by atoms with E-state index >= 15 is 0 Å². The van der Waals surface area contributed by atoms with E-state index in [-0.39, 0.29) is 11.6 Å². The lowest BCUT2D eigenvalue weighted by Gasteiger charge is -2.38. The van der Waals surface area contributed by atoms with E-state index in [1.54, 1.807) is 0 Å². The van der Waals surface area contributed by atoms with Gasteiger partial charge in [-0.3, -0.25) is 0 Å². The van der Waals surface area contributed by atoms with Crippen molar-refractivity contribution >= 4 is 0 Å². The molecule has 2 aromatic carbocycles. The van der Waals surface area contributed by atoms with Crippen molar-refractivity contribution in [3.05, 3.63) is 59.7 Å². The van der Waals surface area contributed by atoms with Gasteiger partial charge in [-0.1, -0.05) is 36.4 Å². The Morgan fingerprint density at radius 1 is 1.00 bits per heavy atom. The monoisotopic (exact) mass is 339 g/mol. The fourth-order valence-electron chi connectivity index (χ4n) is 3.73. The highest BCUT2D eigenvalue weighted by Crippen LogP contribution is 2.36. The van der Waals surface area contributed by atoms with Crippen molar-refractivity contribution in [2.45, 2.75) is 44.4 Å². The third-order valence-electron chi connectivity index (χ3n) is 4.96. The molecule has 2 aliphatic rings. The third-order valence-corrected chi connectivity index (χ3v) is 4.96. The second-order valence-electron chi connectivity index (χ2n) is 7.42. The van der Waals surface area contributed by atoms with Crippen molar-refractivity contribution in [3.8, 4) is 11.5 Å². The van der Waals surface area contributed by atoms with E-state index in [1.807, 2.05) is 6.07 Å². The summed E-state index contributed by atoms with van der Waals surface area (Å²) in [6.45, 7) is 5.43. The van der Waals surface area contributed by atoms with Gasteiger partial charge in [0.15, 0.2) is 11.5 Å². The zero-order valence-electron chi connectivity index (χ0n) is 14.8. The Bertz CT molecular complexity index is 729. The molecule has 1 saturated heterocycles. The van der Waals surface area contributed by atoms with Crippen LogP contribution in [0.5, 0.6) is 11.5 Å². The number of nitrogens with one attached hydrogen (secondary N) is 1. The van der Waals surface area contributed by atoms with Gasteiger partial charge in [0.05, 0.1) is 11.6 Å². The highest BCUT2D eigenvalue weighted by Gasteiger charge is 2.31. The van der Waals surface area contributed by atoms with Gasteiger partial charge >= 0.3 is 0 Å². The van der Waals surface area contributed by atoms with Gasteiger partial charge in [0.25, 0.3) is 0 Å². The molecule has 0 unspecified atom stereocenters. The average molecular weight is 339 g/mol. The van der Waals surface area contributed by atoms with Crippen molar-refractivity contribution < 1.29 is 14.2 Å². The number of hydrogen-bond donors (Lipinski definition) is 1. The van der Waals surface area contributed by atoms with E-state index in [9.17, 15) is 0 Å². The molecule has 0 aliphatic carbocycles. The van der Waals surface area contributed by atoms with Gasteiger partial charge < -0.3 is 19.5 Å². The van der Waals surface area contributed by atoms with E-state index in [0.29, 0.717) is 12.8 Å². The van der Waals surface area contributed by atoms with Gasteiger partial charge in [-0.2, -0.15) is 0 Å². The first-order chi connectivity index (χ1) is 12.1. The van der Waals surface area contributed by atoms with Crippen LogP contribution in [-0.2, 0) is 4.74 Å². The van der Waals surface area contributed by atoms with Crippen molar-refractivity contribution in [2.24, 2.45) is 0 Å². The predicted octanol–water partition coefficient (Wildman–Crippen LogP) is 4.05. The van der Waals surface area contributed by atoms with Crippen LogP contribution in [0.2, 0.25) is 0 Å². The van der Waals surface area contributed by atoms with Crippen molar-refractivity contribution in [2.75, 3.05) is 13.4 Å². The molecule has 2 heterocycles. The maximum Gasteiger partial charge on any atom is 0.231 e. The second kappa shape index (κ2) is 6.70. The van der Waals surface area contributed by atoms with Crippen molar-refractivity contribution in [1.82, 2.24) is 5.32 Å². The summed E-state index contributed by atoms with van der Waals surface area (Å²) in [5, 5.41) is 3.86. The Hall–Kier alpha value is -2.04. The van der Waals surface area contributed by atoms with Crippen LogP contribution in [0.1, 0.15) is 43.9 Å². The molecule has 0 spiro atoms. The van der Waals surface area contributed by atoms with Gasteiger partial charge in [0.2, 0.25) is 6.79 Å². The maximum atomic E-state index is 5.87. The highest BCUT2D eigenvalue weighted by atomic mass is 16.7. The van der Waals surface area contributed by atoms with Crippen LogP contribution in [0.15, 0.2) is 48.5 Å². The third kappa shape index (κ3) is 3.65. The molecule has 0 radical (unpaired) electrons. The molecule has 0 saturated carbocycles. The van der Waals surface area contributed by atoms with Gasteiger partial charge in [0.1, 0.15) is 0 Å². The van der Waals surface area contributed by atoms with E-state index in [0.717, 1.165) is 30.9 Å². The van der Waals surface area contributed by atoms with Gasteiger partial charge in [-0.15, -0.1) is 0 Å². The Kier molecular flexibility index (Phi) is 4.40. The Balaban J connectivity index is 1.63. The molecule has 2 atom stereocenters. The zero-order chi connectivity index (χ0) is 17.3. The van der Waals surface area contributed by atoms with E-state index in [4.69, 9.17) is 14.2 Å². The normalized spacial score (nSPS) is 22.6. The molecule has 1 fully saturated rings. The SMILES string of the molecule is CC1(C)C[C@H](N[C@H](c2ccccc2)c2ccc3c(c2)OCO3)CCO1. The Labute approximate surface area is 149 Å². The number of fused-ring (bicyclic) bond motifs is 1. The molecule has 1 N–H and O–H groups in total. The molecule has 4 heteroatoms. The second-order valence-corrected chi connectivity index (χ2v) is 7.42. The summed E-state index contributed by atoms with van der Waals surface area (Å²) in [6, 6.07) is 17.3. The lowest BCUT2D eigenvalue weighted by molar-refractivity contribution is -0.0637. The first kappa shape index (κ1) is 16.4. The topological polar surface area (TPSA) is 39.7 Å². The summed E-state index contributed by atoms with van der Waals surface area (Å²) in [6.07, 6.45) is 2.03. The minimum atomic E-state index is -0.0773. The molecule has 4 nitrogen and oxygen atoms in total. The molecule has 0 amide bonds. The van der Waals surface area contributed by atoms with E-state index < -0.39 is 0 Å². The summed E-state index contributed by atoms with van der Waals surface area (Å²) in [5.74, 6) is 1.65. The summed E-state index contributed by atoms with van der Waals surface area (Å²) in [4.78, 5) is 0. The summed E-state index contributed by atoms with van der Waals surface area (Å²) >= 11 is 0. The summed E-state index contributed by atoms with van der Waals surface area (Å²) in [7, 11) is 0. The molecular weight excluding hydrogens is 314 g/mol. The first-order valence-electron chi connectivity index (χ1n) is 8.95. The van der Waals surface area contributed by atoms with Crippen LogP contribution in [0.25, 0.3) is 0 Å². The molecule has 4 rings (SSSR count). The van der Waals surface area contributed by atoms with Crippen LogP contribution in [0.3, 0.4) is 0 Å². The molecule has 2 aromatic rings. The smallest absolute Gasteiger partial charge is 0.231 e. The minimum Gasteiger partial charge on any atom is -0.454 e. The largest absolute Gasteiger partial charge is 0.454 e. The highest BCUT2D eigenvalue weighted by molar-refractivity contribution is 5.47. The van der Waals surface area contributed by atoms with Crippen LogP contribution >= 0.6 is 0 Å². The predicted molar refractivity (Wildman–Crippen MR) is 97.0 cm³/mol. The average Bonchev–Trinajstić information content (AvgIpc) is 3.07. The summed E-state index contributed by atoms with van der Waals surface area (Å²) in [5.41, 5.74) is 2.37. The fraction of sp³-hybridized carbons (Fsp3) is 0.429. The van der Waals surface area contributed by atoms with Crippen molar-refractivity contribution in [1.29, 1.82) is 0 Å². The van der Waals surface area contributed by atoms with Crippen LogP contribution in [0.4, 0.5) is 0 Å². The number of rotatable bonds is 4. The lowest BCUT2D eigenvalue weighted by atomic mass is 9.91. The van der Waals surface area contributed by atoms with E-state index in [2.05, 4.69) is 61.6 Å². The Morgan fingerprint density at radius 3 is 2.60 bits per heavy atom. The molecule has 0 bridgehead atoms. The van der Waals surface area contributed by atoms with Crippen LogP contribution in [0, 0.1) is 0 Å². The molecular formula is C21H25NO3. The van der Waals surface area contributed by atoms with Gasteiger partial charge in [-0.25, -0.2) is 0 Å². The lowest BCUT2D eigenvalue weighted by Crippen LogP contribution is -2.45. The van der Waals surface area contributed by atoms with Crippen LogP contribution in [-0.4, -0.2) is 25.0 Å². The molecule has 132 valence electrons. The van der Waals surface area contributed by atoms with E-state index in [1.165, 1.54) is 11.1 Å². The molecule has 2 aliphatic heterocycles. The zero-order valence-corrected chi connectivity index (χ0v) is 14.8. The Morgan fingerprint density at radius 2 is 1.80 bits per heavy atom. The minimum absolute atomic E-state index is 0.0773.